The van der Waals surface area contributed by atoms with Gasteiger partial charge in [-0.15, -0.1) is 11.3 Å². The first-order chi connectivity index (χ1) is 31.2. The Morgan fingerprint density at radius 3 is 1.55 bits per heavy atom. The standard InChI is InChI=1S/C28H26.C19H14S.C16H16/c1-3-21(2)22-14-16-25(17-15-22)28-19-26(23-10-6-4-7-11-23)18-27(20-28)24-12-8-5-9-13-24;1-13-9-11-14(12-10-13)15-6-4-7-17-16-5-2-3-8-18(16)20-19(15)17;1-11-8-9-13-12-6-4-5-7-14(12)16(2,3)15(13)10-11/h4-21H,3H2,1-2H3;2-12H,1H3;4-10H,1-3H3. The number of rotatable bonds is 6. The second-order valence-electron chi connectivity index (χ2n) is 17.8. The van der Waals surface area contributed by atoms with Gasteiger partial charge in [0.1, 0.15) is 0 Å². The van der Waals surface area contributed by atoms with Crippen molar-refractivity contribution in [2.24, 2.45) is 0 Å². The Kier molecular flexibility index (Phi) is 12.3. The zero-order valence-corrected chi connectivity index (χ0v) is 38.7. The highest BCUT2D eigenvalue weighted by Gasteiger charge is 2.34. The van der Waals surface area contributed by atoms with Gasteiger partial charge in [0, 0.05) is 25.6 Å². The van der Waals surface area contributed by atoms with Gasteiger partial charge >= 0.3 is 0 Å². The van der Waals surface area contributed by atoms with Crippen LogP contribution in [0.15, 0.2) is 212 Å². The minimum atomic E-state index is 0.151. The summed E-state index contributed by atoms with van der Waals surface area (Å²) in [6.07, 6.45) is 1.17. The van der Waals surface area contributed by atoms with Crippen LogP contribution in [0.3, 0.4) is 0 Å². The van der Waals surface area contributed by atoms with Crippen molar-refractivity contribution in [3.63, 3.8) is 0 Å². The highest BCUT2D eigenvalue weighted by Crippen LogP contribution is 2.48. The molecule has 0 saturated heterocycles. The van der Waals surface area contributed by atoms with E-state index in [1.165, 1.54) is 110 Å². The Morgan fingerprint density at radius 1 is 0.406 bits per heavy atom. The number of benzene rings is 9. The second-order valence-corrected chi connectivity index (χ2v) is 18.9. The van der Waals surface area contributed by atoms with Crippen LogP contribution in [0.4, 0.5) is 0 Å². The maximum absolute atomic E-state index is 2.33. The molecule has 1 aliphatic rings. The van der Waals surface area contributed by atoms with Gasteiger partial charge in [-0.2, -0.15) is 0 Å². The average molecular weight is 845 g/mol. The third kappa shape index (κ3) is 8.74. The summed E-state index contributed by atoms with van der Waals surface area (Å²) in [4.78, 5) is 0. The fourth-order valence-corrected chi connectivity index (χ4v) is 10.4. The van der Waals surface area contributed by atoms with Crippen molar-refractivity contribution in [2.45, 2.75) is 59.3 Å². The first-order valence-electron chi connectivity index (χ1n) is 22.7. The van der Waals surface area contributed by atoms with Gasteiger partial charge in [-0.3, -0.25) is 0 Å². The third-order valence-electron chi connectivity index (χ3n) is 13.1. The molecule has 1 heteroatoms. The topological polar surface area (TPSA) is 0 Å². The number of thiophene rings is 1. The quantitative estimate of drug-likeness (QED) is 0.156. The van der Waals surface area contributed by atoms with Gasteiger partial charge in [0.15, 0.2) is 0 Å². The molecule has 0 nitrogen and oxygen atoms in total. The average Bonchev–Trinajstić information content (AvgIpc) is 3.84. The normalized spacial score (nSPS) is 12.7. The minimum Gasteiger partial charge on any atom is -0.135 e. The zero-order valence-electron chi connectivity index (χ0n) is 37.9. The Morgan fingerprint density at radius 2 is 0.906 bits per heavy atom. The van der Waals surface area contributed by atoms with E-state index in [-0.39, 0.29) is 5.41 Å². The van der Waals surface area contributed by atoms with Gasteiger partial charge in [-0.1, -0.05) is 227 Å². The molecule has 0 saturated carbocycles. The van der Waals surface area contributed by atoms with Crippen LogP contribution in [0.1, 0.15) is 67.9 Å². The van der Waals surface area contributed by atoms with Gasteiger partial charge in [0.25, 0.3) is 0 Å². The lowest BCUT2D eigenvalue weighted by molar-refractivity contribution is 0.660. The van der Waals surface area contributed by atoms with Crippen LogP contribution in [0, 0.1) is 13.8 Å². The van der Waals surface area contributed by atoms with E-state index in [4.69, 9.17) is 0 Å². The first kappa shape index (κ1) is 42.5. The SMILES string of the molecule is CCC(C)c1ccc(-c2cc(-c3ccccc3)cc(-c3ccccc3)c2)cc1.Cc1ccc(-c2cccc3c2sc2ccccc23)cc1.Cc1ccc2c(c1)C(C)(C)c1ccccc1-2. The predicted octanol–water partition coefficient (Wildman–Crippen LogP) is 18.5. The van der Waals surface area contributed by atoms with Gasteiger partial charge in [-0.05, 0) is 123 Å². The molecule has 1 atom stereocenters. The molecule has 0 fully saturated rings. The number of hydrogen-bond donors (Lipinski definition) is 0. The van der Waals surface area contributed by atoms with Crippen LogP contribution in [0.5, 0.6) is 0 Å². The monoisotopic (exact) mass is 844 g/mol. The highest BCUT2D eigenvalue weighted by molar-refractivity contribution is 7.26. The van der Waals surface area contributed by atoms with Crippen molar-refractivity contribution < 1.29 is 0 Å². The summed E-state index contributed by atoms with van der Waals surface area (Å²) in [6, 6.07) is 76.9. The van der Waals surface area contributed by atoms with E-state index in [9.17, 15) is 0 Å². The van der Waals surface area contributed by atoms with E-state index < -0.39 is 0 Å². The molecule has 314 valence electrons. The maximum atomic E-state index is 2.33. The second kappa shape index (κ2) is 18.5. The molecular formula is C63H56S. The molecule has 0 spiro atoms. The Bertz CT molecular complexity index is 3110. The van der Waals surface area contributed by atoms with E-state index in [2.05, 4.69) is 254 Å². The van der Waals surface area contributed by atoms with E-state index in [0.29, 0.717) is 5.92 Å². The van der Waals surface area contributed by atoms with Gasteiger partial charge < -0.3 is 0 Å². The predicted molar refractivity (Wildman–Crippen MR) is 280 cm³/mol. The van der Waals surface area contributed by atoms with Gasteiger partial charge in [-0.25, -0.2) is 0 Å². The van der Waals surface area contributed by atoms with Crippen LogP contribution in [0.2, 0.25) is 0 Å². The lowest BCUT2D eigenvalue weighted by Crippen LogP contribution is -2.14. The van der Waals surface area contributed by atoms with Crippen molar-refractivity contribution in [1.82, 2.24) is 0 Å². The fraction of sp³-hybridized carbons (Fsp3) is 0.143. The molecule has 0 N–H and O–H groups in total. The van der Waals surface area contributed by atoms with Gasteiger partial charge in [0.2, 0.25) is 0 Å². The van der Waals surface area contributed by atoms with Crippen LogP contribution >= 0.6 is 11.3 Å². The maximum Gasteiger partial charge on any atom is 0.0433 e. The van der Waals surface area contributed by atoms with Crippen molar-refractivity contribution >= 4 is 31.5 Å². The van der Waals surface area contributed by atoms with Gasteiger partial charge in [0.05, 0.1) is 0 Å². The lowest BCUT2D eigenvalue weighted by Gasteiger charge is -2.21. The van der Waals surface area contributed by atoms with Crippen LogP contribution < -0.4 is 0 Å². The molecule has 1 heterocycles. The van der Waals surface area contributed by atoms with E-state index >= 15 is 0 Å². The summed E-state index contributed by atoms with van der Waals surface area (Å²) in [6.45, 7) is 13.5. The third-order valence-corrected chi connectivity index (χ3v) is 14.3. The molecule has 1 aliphatic carbocycles. The fourth-order valence-electron chi connectivity index (χ4n) is 9.15. The molecule has 0 amide bonds. The molecule has 64 heavy (non-hydrogen) atoms. The molecule has 0 bridgehead atoms. The van der Waals surface area contributed by atoms with Crippen LogP contribution in [-0.4, -0.2) is 0 Å². The molecule has 11 rings (SSSR count). The Labute approximate surface area is 384 Å². The first-order valence-corrected chi connectivity index (χ1v) is 23.5. The molecule has 10 aromatic rings. The van der Waals surface area contributed by atoms with E-state index in [1.54, 1.807) is 0 Å². The summed E-state index contributed by atoms with van der Waals surface area (Å²) in [7, 11) is 0. The van der Waals surface area contributed by atoms with Crippen molar-refractivity contribution in [1.29, 1.82) is 0 Å². The van der Waals surface area contributed by atoms with Crippen molar-refractivity contribution in [2.75, 3.05) is 0 Å². The number of hydrogen-bond acceptors (Lipinski definition) is 1. The summed E-state index contributed by atoms with van der Waals surface area (Å²) < 4.78 is 2.75. The van der Waals surface area contributed by atoms with Crippen LogP contribution in [0.25, 0.3) is 75.8 Å². The summed E-state index contributed by atoms with van der Waals surface area (Å²) in [5.74, 6) is 0.601. The smallest absolute Gasteiger partial charge is 0.0433 e. The molecule has 9 aromatic carbocycles. The zero-order chi connectivity index (χ0) is 44.2. The summed E-state index contributed by atoms with van der Waals surface area (Å²) in [5, 5.41) is 2.73. The van der Waals surface area contributed by atoms with Crippen LogP contribution in [-0.2, 0) is 5.41 Å². The van der Waals surface area contributed by atoms with Crippen molar-refractivity contribution in [3.05, 3.63) is 240 Å². The summed E-state index contributed by atoms with van der Waals surface area (Å²) in [5.41, 5.74) is 20.1. The molecular weight excluding hydrogens is 789 g/mol. The molecule has 0 aliphatic heterocycles. The number of fused-ring (bicyclic) bond motifs is 6. The largest absolute Gasteiger partial charge is 0.135 e. The minimum absolute atomic E-state index is 0.151. The molecule has 1 aromatic heterocycles. The lowest BCUT2D eigenvalue weighted by atomic mass is 9.82. The van der Waals surface area contributed by atoms with E-state index in [1.807, 2.05) is 11.3 Å². The number of aryl methyl sites for hydroxylation is 2. The highest BCUT2D eigenvalue weighted by atomic mass is 32.1. The Balaban J connectivity index is 0.000000127. The molecule has 0 radical (unpaired) electrons. The molecule has 1 unspecified atom stereocenters. The van der Waals surface area contributed by atoms with E-state index in [0.717, 1.165) is 0 Å². The van der Waals surface area contributed by atoms with Crippen molar-refractivity contribution in [3.8, 4) is 55.6 Å². The summed E-state index contributed by atoms with van der Waals surface area (Å²) >= 11 is 1.89. The Hall–Kier alpha value is -6.80.